The first kappa shape index (κ1) is 13.1. The Morgan fingerprint density at radius 2 is 2.06 bits per heavy atom. The smallest absolute Gasteiger partial charge is 0.0483 e. The van der Waals surface area contributed by atoms with Crippen LogP contribution in [0.1, 0.15) is 25.3 Å². The van der Waals surface area contributed by atoms with Gasteiger partial charge in [-0.2, -0.15) is 0 Å². The summed E-state index contributed by atoms with van der Waals surface area (Å²) in [5.74, 6) is 0. The lowest BCUT2D eigenvalue weighted by Gasteiger charge is -2.02. The number of para-hydroxylation sites is 1. The molecule has 0 amide bonds. The Bertz CT molecular complexity index is 490. The Labute approximate surface area is 108 Å². The molecule has 1 heterocycles. The van der Waals surface area contributed by atoms with Crippen molar-refractivity contribution in [1.29, 1.82) is 0 Å². The molecule has 0 saturated carbocycles. The van der Waals surface area contributed by atoms with Crippen LogP contribution in [-0.4, -0.2) is 22.8 Å². The molecule has 2 rings (SSSR count). The van der Waals surface area contributed by atoms with Crippen LogP contribution in [-0.2, 0) is 13.1 Å². The van der Waals surface area contributed by atoms with Gasteiger partial charge in [0.15, 0.2) is 0 Å². The van der Waals surface area contributed by atoms with E-state index in [9.17, 15) is 0 Å². The summed E-state index contributed by atoms with van der Waals surface area (Å²) in [6.45, 7) is 5.33. The molecule has 1 aromatic heterocycles. The highest BCUT2D eigenvalue weighted by atomic mass is 16.2. The van der Waals surface area contributed by atoms with E-state index in [1.807, 2.05) is 0 Å². The molecule has 0 unspecified atom stereocenters. The predicted molar refractivity (Wildman–Crippen MR) is 75.6 cm³/mol. The molecule has 0 saturated heterocycles. The fourth-order valence-electron chi connectivity index (χ4n) is 2.31. The van der Waals surface area contributed by atoms with Gasteiger partial charge in [-0.1, -0.05) is 18.2 Å². The molecular weight excluding hydrogens is 224 g/mol. The van der Waals surface area contributed by atoms with Crippen LogP contribution in [0.5, 0.6) is 0 Å². The largest absolute Gasteiger partial charge is 0.396 e. The van der Waals surface area contributed by atoms with Crippen LogP contribution in [0.15, 0.2) is 30.5 Å². The van der Waals surface area contributed by atoms with E-state index < -0.39 is 0 Å². The number of unbranched alkanes of at least 4 members (excludes halogenated alkanes) is 1. The Hall–Kier alpha value is -1.32. The number of fused-ring (bicyclic) bond motifs is 1. The molecule has 0 aliphatic carbocycles. The molecule has 0 radical (unpaired) electrons. The number of aromatic nitrogens is 1. The van der Waals surface area contributed by atoms with E-state index in [2.05, 4.69) is 47.3 Å². The second-order valence-electron chi connectivity index (χ2n) is 4.56. The molecule has 98 valence electrons. The van der Waals surface area contributed by atoms with Crippen LogP contribution < -0.4 is 5.32 Å². The van der Waals surface area contributed by atoms with Crippen molar-refractivity contribution < 1.29 is 5.11 Å². The van der Waals surface area contributed by atoms with Crippen LogP contribution in [0.2, 0.25) is 0 Å². The first-order valence-corrected chi connectivity index (χ1v) is 6.75. The van der Waals surface area contributed by atoms with Crippen LogP contribution in [0.3, 0.4) is 0 Å². The minimum atomic E-state index is 0.289. The van der Waals surface area contributed by atoms with Crippen molar-refractivity contribution in [3.8, 4) is 0 Å². The molecule has 0 aliphatic heterocycles. The van der Waals surface area contributed by atoms with Crippen molar-refractivity contribution in [2.45, 2.75) is 32.9 Å². The Balaban J connectivity index is 2.04. The third-order valence-corrected chi connectivity index (χ3v) is 3.29. The van der Waals surface area contributed by atoms with Crippen LogP contribution in [0, 0.1) is 0 Å². The van der Waals surface area contributed by atoms with Gasteiger partial charge < -0.3 is 15.0 Å². The third kappa shape index (κ3) is 2.92. The molecular formula is C15H22N2O. The summed E-state index contributed by atoms with van der Waals surface area (Å²) in [6, 6.07) is 8.55. The molecule has 18 heavy (non-hydrogen) atoms. The zero-order valence-electron chi connectivity index (χ0n) is 11.0. The average Bonchev–Trinajstić information content (AvgIpc) is 2.77. The van der Waals surface area contributed by atoms with Gasteiger partial charge in [-0.3, -0.25) is 0 Å². The van der Waals surface area contributed by atoms with Crippen LogP contribution in [0.4, 0.5) is 0 Å². The maximum atomic E-state index is 8.73. The minimum Gasteiger partial charge on any atom is -0.396 e. The summed E-state index contributed by atoms with van der Waals surface area (Å²) < 4.78 is 2.29. The van der Waals surface area contributed by atoms with Gasteiger partial charge in [0.25, 0.3) is 0 Å². The quantitative estimate of drug-likeness (QED) is 0.737. The van der Waals surface area contributed by atoms with E-state index >= 15 is 0 Å². The van der Waals surface area contributed by atoms with E-state index in [0.717, 1.165) is 32.5 Å². The van der Waals surface area contributed by atoms with E-state index in [1.165, 1.54) is 16.5 Å². The van der Waals surface area contributed by atoms with Crippen molar-refractivity contribution >= 4 is 10.9 Å². The summed E-state index contributed by atoms with van der Waals surface area (Å²) in [5.41, 5.74) is 2.67. The molecule has 0 atom stereocenters. The second-order valence-corrected chi connectivity index (χ2v) is 4.56. The van der Waals surface area contributed by atoms with Crippen molar-refractivity contribution in [3.63, 3.8) is 0 Å². The number of hydrogen-bond acceptors (Lipinski definition) is 2. The van der Waals surface area contributed by atoms with Crippen molar-refractivity contribution in [1.82, 2.24) is 9.88 Å². The molecule has 2 N–H and O–H groups in total. The van der Waals surface area contributed by atoms with Gasteiger partial charge >= 0.3 is 0 Å². The van der Waals surface area contributed by atoms with Gasteiger partial charge in [-0.15, -0.1) is 0 Å². The van der Waals surface area contributed by atoms with E-state index in [4.69, 9.17) is 5.11 Å². The second kappa shape index (κ2) is 6.57. The topological polar surface area (TPSA) is 37.2 Å². The maximum absolute atomic E-state index is 8.73. The lowest BCUT2D eigenvalue weighted by atomic mass is 10.2. The Kier molecular flexibility index (Phi) is 4.79. The number of hydrogen-bond donors (Lipinski definition) is 2. The van der Waals surface area contributed by atoms with Gasteiger partial charge in [0, 0.05) is 36.8 Å². The maximum Gasteiger partial charge on any atom is 0.0483 e. The summed E-state index contributed by atoms with van der Waals surface area (Å²) in [7, 11) is 0. The average molecular weight is 246 g/mol. The molecule has 0 fully saturated rings. The number of aryl methyl sites for hydroxylation is 1. The van der Waals surface area contributed by atoms with Gasteiger partial charge in [-0.25, -0.2) is 0 Å². The third-order valence-electron chi connectivity index (χ3n) is 3.29. The summed E-state index contributed by atoms with van der Waals surface area (Å²) in [4.78, 5) is 0. The number of nitrogens with one attached hydrogen (secondary N) is 1. The zero-order valence-corrected chi connectivity index (χ0v) is 11.0. The standard InChI is InChI=1S/C15H22N2O/c1-2-17-12-13(11-16-9-5-6-10-18)14-7-3-4-8-15(14)17/h3-4,7-8,12,16,18H,2,5-6,9-11H2,1H3. The fourth-order valence-corrected chi connectivity index (χ4v) is 2.31. The van der Waals surface area contributed by atoms with Gasteiger partial charge in [0.2, 0.25) is 0 Å². The van der Waals surface area contributed by atoms with Crippen molar-refractivity contribution in [2.75, 3.05) is 13.2 Å². The molecule has 1 aromatic carbocycles. The molecule has 3 heteroatoms. The Morgan fingerprint density at radius 1 is 1.22 bits per heavy atom. The first-order valence-electron chi connectivity index (χ1n) is 6.75. The summed E-state index contributed by atoms with van der Waals surface area (Å²) in [6.07, 6.45) is 4.15. The highest BCUT2D eigenvalue weighted by molar-refractivity contribution is 5.83. The zero-order chi connectivity index (χ0) is 12.8. The SMILES string of the molecule is CCn1cc(CNCCCCO)c2ccccc21. The number of aliphatic hydroxyl groups excluding tert-OH is 1. The summed E-state index contributed by atoms with van der Waals surface area (Å²) >= 11 is 0. The molecule has 0 aliphatic rings. The summed E-state index contributed by atoms with van der Waals surface area (Å²) in [5, 5.41) is 13.5. The monoisotopic (exact) mass is 246 g/mol. The van der Waals surface area contributed by atoms with Crippen molar-refractivity contribution in [3.05, 3.63) is 36.0 Å². The molecule has 0 spiro atoms. The number of aliphatic hydroxyl groups is 1. The fraction of sp³-hybridized carbons (Fsp3) is 0.467. The highest BCUT2D eigenvalue weighted by Gasteiger charge is 2.05. The highest BCUT2D eigenvalue weighted by Crippen LogP contribution is 2.21. The van der Waals surface area contributed by atoms with Crippen LogP contribution >= 0.6 is 0 Å². The normalized spacial score (nSPS) is 11.2. The molecule has 2 aromatic rings. The first-order chi connectivity index (χ1) is 8.86. The number of rotatable bonds is 7. The lowest BCUT2D eigenvalue weighted by molar-refractivity contribution is 0.283. The van der Waals surface area contributed by atoms with Gasteiger partial charge in [0.05, 0.1) is 0 Å². The van der Waals surface area contributed by atoms with E-state index in [-0.39, 0.29) is 6.61 Å². The Morgan fingerprint density at radius 3 is 2.83 bits per heavy atom. The van der Waals surface area contributed by atoms with Gasteiger partial charge in [-0.05, 0) is 37.9 Å². The van der Waals surface area contributed by atoms with Crippen molar-refractivity contribution in [2.24, 2.45) is 0 Å². The van der Waals surface area contributed by atoms with E-state index in [0.29, 0.717) is 0 Å². The predicted octanol–water partition coefficient (Wildman–Crippen LogP) is 2.52. The molecule has 0 bridgehead atoms. The minimum absolute atomic E-state index is 0.289. The number of benzene rings is 1. The molecule has 3 nitrogen and oxygen atoms in total. The van der Waals surface area contributed by atoms with Crippen LogP contribution in [0.25, 0.3) is 10.9 Å². The number of nitrogens with zero attached hydrogens (tertiary/aromatic N) is 1. The van der Waals surface area contributed by atoms with Gasteiger partial charge in [0.1, 0.15) is 0 Å². The van der Waals surface area contributed by atoms with E-state index in [1.54, 1.807) is 0 Å². The lowest BCUT2D eigenvalue weighted by Crippen LogP contribution is -2.14.